The largest absolute Gasteiger partial charge is 0.345 e. The molecule has 0 amide bonds. The topological polar surface area (TPSA) is 30.5 Å². The minimum Gasteiger partial charge on any atom is -0.321 e. The molecule has 0 unspecified atom stereocenters. The Kier molecular flexibility index (Phi) is 4.56. The molecule has 1 saturated heterocycles. The summed E-state index contributed by atoms with van der Waals surface area (Å²) in [4.78, 5) is 0. The molecule has 1 rings (SSSR count). The van der Waals surface area contributed by atoms with Gasteiger partial charge in [0.2, 0.25) is 0 Å². The summed E-state index contributed by atoms with van der Waals surface area (Å²) in [6.07, 6.45) is -0.363. The fraction of sp³-hybridized carbons (Fsp3) is 1.00. The molecule has 0 aromatic carbocycles. The lowest BCUT2D eigenvalue weighted by Crippen LogP contribution is -2.27. The van der Waals surface area contributed by atoms with Crippen LogP contribution in [-0.4, -0.2) is 38.5 Å². The smallest absolute Gasteiger partial charge is 0.321 e. The SMILES string of the molecule is FC(F)OC[C@@H]1C[C@H](OC(F)F)CN1. The summed E-state index contributed by atoms with van der Waals surface area (Å²) in [5.41, 5.74) is 0. The standard InChI is InChI=1S/C7H11F4NO2/c8-6(9)13-3-4-1-5(2-12-4)14-7(10)11/h4-7,12H,1-3H2/t4-,5-/m0/s1. The average Bonchev–Trinajstić information content (AvgIpc) is 2.47. The number of rotatable bonds is 5. The maximum absolute atomic E-state index is 11.7. The van der Waals surface area contributed by atoms with Gasteiger partial charge in [0.15, 0.2) is 0 Å². The quantitative estimate of drug-likeness (QED) is 0.702. The first-order chi connectivity index (χ1) is 6.58. The Morgan fingerprint density at radius 3 is 2.50 bits per heavy atom. The van der Waals surface area contributed by atoms with E-state index in [1.807, 2.05) is 0 Å². The third-order valence-electron chi connectivity index (χ3n) is 1.90. The molecule has 14 heavy (non-hydrogen) atoms. The summed E-state index contributed by atoms with van der Waals surface area (Å²) in [7, 11) is 0. The van der Waals surface area contributed by atoms with E-state index in [0.717, 1.165) is 0 Å². The predicted octanol–water partition coefficient (Wildman–Crippen LogP) is 1.20. The molecule has 0 bridgehead atoms. The maximum Gasteiger partial charge on any atom is 0.345 e. The van der Waals surface area contributed by atoms with Gasteiger partial charge in [0.25, 0.3) is 0 Å². The molecule has 7 heteroatoms. The second kappa shape index (κ2) is 5.47. The Morgan fingerprint density at radius 1 is 1.21 bits per heavy atom. The second-order valence-electron chi connectivity index (χ2n) is 2.95. The Balaban J connectivity index is 2.14. The van der Waals surface area contributed by atoms with Gasteiger partial charge in [-0.3, -0.25) is 0 Å². The van der Waals surface area contributed by atoms with Gasteiger partial charge in [-0.15, -0.1) is 0 Å². The third kappa shape index (κ3) is 4.21. The van der Waals surface area contributed by atoms with Crippen LogP contribution in [0.2, 0.25) is 0 Å². The normalized spacial score (nSPS) is 27.9. The van der Waals surface area contributed by atoms with E-state index in [4.69, 9.17) is 0 Å². The predicted molar refractivity (Wildman–Crippen MR) is 39.2 cm³/mol. The molecular weight excluding hydrogens is 206 g/mol. The van der Waals surface area contributed by atoms with Gasteiger partial charge in [0.1, 0.15) is 0 Å². The summed E-state index contributed by atoms with van der Waals surface area (Å²) in [6.45, 7) is -5.61. The summed E-state index contributed by atoms with van der Waals surface area (Å²) in [5.74, 6) is 0. The van der Waals surface area contributed by atoms with Gasteiger partial charge in [0, 0.05) is 12.6 Å². The highest BCUT2D eigenvalue weighted by Crippen LogP contribution is 2.14. The van der Waals surface area contributed by atoms with Crippen LogP contribution in [0, 0.1) is 0 Å². The molecular formula is C7H11F4NO2. The first-order valence-electron chi connectivity index (χ1n) is 4.14. The summed E-state index contributed by atoms with van der Waals surface area (Å²) in [6, 6.07) is -0.340. The molecule has 0 saturated carbocycles. The number of hydrogen-bond donors (Lipinski definition) is 1. The van der Waals surface area contributed by atoms with Gasteiger partial charge in [0.05, 0.1) is 12.7 Å². The van der Waals surface area contributed by atoms with Crippen LogP contribution in [0.4, 0.5) is 17.6 Å². The van der Waals surface area contributed by atoms with E-state index in [2.05, 4.69) is 14.8 Å². The van der Waals surface area contributed by atoms with Crippen LogP contribution < -0.4 is 5.32 Å². The van der Waals surface area contributed by atoms with E-state index in [-0.39, 0.29) is 25.6 Å². The monoisotopic (exact) mass is 217 g/mol. The van der Waals surface area contributed by atoms with Crippen molar-refractivity contribution in [2.75, 3.05) is 13.2 Å². The van der Waals surface area contributed by atoms with Crippen molar-refractivity contribution in [3.63, 3.8) is 0 Å². The number of ether oxygens (including phenoxy) is 2. The maximum atomic E-state index is 11.7. The minimum atomic E-state index is -2.83. The molecule has 0 radical (unpaired) electrons. The van der Waals surface area contributed by atoms with Gasteiger partial charge in [-0.2, -0.15) is 17.6 Å². The molecule has 1 fully saturated rings. The lowest BCUT2D eigenvalue weighted by molar-refractivity contribution is -0.159. The van der Waals surface area contributed by atoms with E-state index in [9.17, 15) is 17.6 Å². The zero-order valence-corrected chi connectivity index (χ0v) is 7.26. The zero-order valence-electron chi connectivity index (χ0n) is 7.26. The van der Waals surface area contributed by atoms with Crippen molar-refractivity contribution in [1.29, 1.82) is 0 Å². The molecule has 1 aliphatic heterocycles. The number of halogens is 4. The van der Waals surface area contributed by atoms with Crippen LogP contribution in [0.1, 0.15) is 6.42 Å². The Morgan fingerprint density at radius 2 is 1.93 bits per heavy atom. The average molecular weight is 217 g/mol. The van der Waals surface area contributed by atoms with E-state index >= 15 is 0 Å². The Hall–Kier alpha value is -0.400. The highest BCUT2D eigenvalue weighted by atomic mass is 19.3. The lowest BCUT2D eigenvalue weighted by atomic mass is 10.2. The number of alkyl halides is 4. The third-order valence-corrected chi connectivity index (χ3v) is 1.90. The van der Waals surface area contributed by atoms with Crippen molar-refractivity contribution >= 4 is 0 Å². The Bertz CT molecular complexity index is 170. The molecule has 0 aromatic rings. The van der Waals surface area contributed by atoms with Gasteiger partial charge >= 0.3 is 13.2 Å². The van der Waals surface area contributed by atoms with Crippen molar-refractivity contribution in [2.24, 2.45) is 0 Å². The van der Waals surface area contributed by atoms with Gasteiger partial charge < -0.3 is 14.8 Å². The fourth-order valence-corrected chi connectivity index (χ4v) is 1.35. The van der Waals surface area contributed by atoms with E-state index in [1.165, 1.54) is 0 Å². The summed E-state index contributed by atoms with van der Waals surface area (Å²) in [5, 5.41) is 2.75. The van der Waals surface area contributed by atoms with E-state index in [1.54, 1.807) is 0 Å². The molecule has 0 aromatic heterocycles. The van der Waals surface area contributed by atoms with Gasteiger partial charge in [-0.05, 0) is 6.42 Å². The van der Waals surface area contributed by atoms with E-state index in [0.29, 0.717) is 0 Å². The van der Waals surface area contributed by atoms with Crippen LogP contribution >= 0.6 is 0 Å². The van der Waals surface area contributed by atoms with Crippen LogP contribution in [0.3, 0.4) is 0 Å². The molecule has 0 aliphatic carbocycles. The van der Waals surface area contributed by atoms with Gasteiger partial charge in [-0.1, -0.05) is 0 Å². The van der Waals surface area contributed by atoms with Crippen LogP contribution in [0.15, 0.2) is 0 Å². The highest BCUT2D eigenvalue weighted by molar-refractivity contribution is 4.81. The lowest BCUT2D eigenvalue weighted by Gasteiger charge is -2.10. The van der Waals surface area contributed by atoms with Crippen LogP contribution in [-0.2, 0) is 9.47 Å². The second-order valence-corrected chi connectivity index (χ2v) is 2.95. The molecule has 2 atom stereocenters. The van der Waals surface area contributed by atoms with Crippen molar-refractivity contribution in [1.82, 2.24) is 5.32 Å². The zero-order chi connectivity index (χ0) is 10.6. The summed E-state index contributed by atoms with van der Waals surface area (Å²) < 4.78 is 54.9. The van der Waals surface area contributed by atoms with Gasteiger partial charge in [-0.25, -0.2) is 0 Å². The molecule has 84 valence electrons. The summed E-state index contributed by atoms with van der Waals surface area (Å²) >= 11 is 0. The van der Waals surface area contributed by atoms with E-state index < -0.39 is 19.3 Å². The fourth-order valence-electron chi connectivity index (χ4n) is 1.35. The Labute approximate surface area is 78.4 Å². The van der Waals surface area contributed by atoms with Crippen LogP contribution in [0.25, 0.3) is 0 Å². The first kappa shape index (κ1) is 11.7. The van der Waals surface area contributed by atoms with Crippen molar-refractivity contribution in [3.05, 3.63) is 0 Å². The molecule has 1 heterocycles. The van der Waals surface area contributed by atoms with Crippen molar-refractivity contribution < 1.29 is 27.0 Å². The highest BCUT2D eigenvalue weighted by Gasteiger charge is 2.27. The number of hydrogen-bond acceptors (Lipinski definition) is 3. The van der Waals surface area contributed by atoms with Crippen molar-refractivity contribution in [3.8, 4) is 0 Å². The first-order valence-corrected chi connectivity index (χ1v) is 4.14. The molecule has 1 N–H and O–H groups in total. The molecule has 0 spiro atoms. The number of nitrogens with one attached hydrogen (secondary N) is 1. The molecule has 3 nitrogen and oxygen atoms in total. The van der Waals surface area contributed by atoms with Crippen molar-refractivity contribution in [2.45, 2.75) is 31.8 Å². The minimum absolute atomic E-state index is 0.194. The van der Waals surface area contributed by atoms with Crippen LogP contribution in [0.5, 0.6) is 0 Å². The molecule has 1 aliphatic rings.